The van der Waals surface area contributed by atoms with Crippen molar-refractivity contribution in [3.05, 3.63) is 0 Å². The molecule has 0 bridgehead atoms. The summed E-state index contributed by atoms with van der Waals surface area (Å²) in [6.07, 6.45) is 0.0125. The van der Waals surface area contributed by atoms with Gasteiger partial charge >= 0.3 is 0 Å². The summed E-state index contributed by atoms with van der Waals surface area (Å²) in [6.45, 7) is 3.16. The molecular weight excluding hydrogens is 498 g/mol. The third-order valence-electron chi connectivity index (χ3n) is 7.16. The van der Waals surface area contributed by atoms with Gasteiger partial charge in [0.25, 0.3) is 0 Å². The maximum Gasteiger partial charge on any atom is 0.249 e. The molecule has 226 valence electrons. The van der Waals surface area contributed by atoms with Crippen molar-refractivity contribution < 1.29 is 50.0 Å². The first-order valence-corrected chi connectivity index (χ1v) is 14.4. The zero-order chi connectivity index (χ0) is 28.5. The molecule has 0 aromatic heterocycles. The molecule has 0 aromatic rings. The second-order valence-corrected chi connectivity index (χ2v) is 10.5. The van der Waals surface area contributed by atoms with Crippen molar-refractivity contribution in [2.75, 3.05) is 13.2 Å². The highest BCUT2D eigenvalue weighted by Gasteiger charge is 2.44. The second-order valence-electron chi connectivity index (χ2n) is 10.5. The summed E-state index contributed by atoms with van der Waals surface area (Å²) in [4.78, 5) is 12.6. The van der Waals surface area contributed by atoms with Crippen molar-refractivity contribution in [3.63, 3.8) is 0 Å². The summed E-state index contributed by atoms with van der Waals surface area (Å²) in [5.74, 6) is -0.717. The smallest absolute Gasteiger partial charge is 0.249 e. The molecule has 1 saturated heterocycles. The average molecular weight is 552 g/mol. The van der Waals surface area contributed by atoms with Gasteiger partial charge < -0.3 is 50.5 Å². The van der Waals surface area contributed by atoms with E-state index in [2.05, 4.69) is 19.2 Å². The van der Waals surface area contributed by atoms with Gasteiger partial charge in [0.15, 0.2) is 6.29 Å². The minimum absolute atomic E-state index is 0.253. The van der Waals surface area contributed by atoms with Crippen molar-refractivity contribution in [1.82, 2.24) is 5.32 Å². The highest BCUT2D eigenvalue weighted by atomic mass is 16.7. The van der Waals surface area contributed by atoms with Gasteiger partial charge in [-0.1, -0.05) is 84.5 Å². The molecule has 0 aliphatic carbocycles. The zero-order valence-corrected chi connectivity index (χ0v) is 23.2. The third-order valence-corrected chi connectivity index (χ3v) is 7.16. The van der Waals surface area contributed by atoms with Crippen LogP contribution in [0.15, 0.2) is 0 Å². The average Bonchev–Trinajstić information content (AvgIpc) is 2.91. The Labute approximate surface area is 227 Å². The lowest BCUT2D eigenvalue weighted by Crippen LogP contribution is -2.60. The molecule has 1 heterocycles. The summed E-state index contributed by atoms with van der Waals surface area (Å²) < 4.78 is 10.9. The molecule has 1 aliphatic rings. The molecule has 0 spiro atoms. The molecule has 1 amide bonds. The highest BCUT2D eigenvalue weighted by Crippen LogP contribution is 2.23. The van der Waals surface area contributed by atoms with Crippen LogP contribution in [0.1, 0.15) is 97.3 Å². The standard InChI is InChI=1S/C27H53NO10/c1-3-5-7-9-10-11-13-14-19(30)22(32)18(28-26(36)20(31)15-12-8-6-4-2)17-37-27-25(35)24(34)23(33)21(16-29)38-27/h18-25,27,29-35H,3-17H2,1-2H3,(H,28,36)/t18-,19-,20?,21-,22+,23-,24+,25-,27+/m1/s1. The number of carbonyl (C=O) groups is 1. The summed E-state index contributed by atoms with van der Waals surface area (Å²) in [5, 5.41) is 73.9. The molecular formula is C27H53NO10. The molecule has 0 aromatic carbocycles. The fourth-order valence-corrected chi connectivity index (χ4v) is 4.55. The van der Waals surface area contributed by atoms with Gasteiger partial charge in [-0.3, -0.25) is 4.79 Å². The van der Waals surface area contributed by atoms with Gasteiger partial charge in [0, 0.05) is 0 Å². The van der Waals surface area contributed by atoms with Gasteiger partial charge in [0.1, 0.15) is 36.6 Å². The van der Waals surface area contributed by atoms with E-state index in [1.807, 2.05) is 0 Å². The predicted octanol–water partition coefficient (Wildman–Crippen LogP) is 0.482. The topological polar surface area (TPSA) is 189 Å². The summed E-state index contributed by atoms with van der Waals surface area (Å²) in [7, 11) is 0. The lowest BCUT2D eigenvalue weighted by Gasteiger charge is -2.40. The molecule has 8 N–H and O–H groups in total. The first-order valence-electron chi connectivity index (χ1n) is 14.4. The number of aliphatic hydroxyl groups excluding tert-OH is 7. The number of unbranched alkanes of at least 4 members (excludes halogenated alkanes) is 9. The van der Waals surface area contributed by atoms with E-state index in [-0.39, 0.29) is 6.42 Å². The van der Waals surface area contributed by atoms with E-state index in [0.29, 0.717) is 19.3 Å². The van der Waals surface area contributed by atoms with Gasteiger partial charge in [0.05, 0.1) is 25.4 Å². The van der Waals surface area contributed by atoms with Crippen molar-refractivity contribution in [3.8, 4) is 0 Å². The maximum absolute atomic E-state index is 12.6. The third kappa shape index (κ3) is 12.5. The molecule has 1 rings (SSSR count). The molecule has 1 unspecified atom stereocenters. The molecule has 1 aliphatic heterocycles. The number of hydrogen-bond acceptors (Lipinski definition) is 10. The van der Waals surface area contributed by atoms with Crippen LogP contribution < -0.4 is 5.32 Å². The van der Waals surface area contributed by atoms with Crippen molar-refractivity contribution in [2.45, 2.75) is 152 Å². The largest absolute Gasteiger partial charge is 0.394 e. The Hall–Kier alpha value is -0.890. The predicted molar refractivity (Wildman–Crippen MR) is 141 cm³/mol. The van der Waals surface area contributed by atoms with E-state index in [1.54, 1.807) is 0 Å². The normalized spacial score (nSPS) is 27.0. The van der Waals surface area contributed by atoms with E-state index in [0.717, 1.165) is 44.9 Å². The summed E-state index contributed by atoms with van der Waals surface area (Å²) in [6, 6.07) is -1.15. The molecule has 38 heavy (non-hydrogen) atoms. The molecule has 0 radical (unpaired) electrons. The Morgan fingerprint density at radius 1 is 0.816 bits per heavy atom. The van der Waals surface area contributed by atoms with Crippen LogP contribution in [0, 0.1) is 0 Å². The highest BCUT2D eigenvalue weighted by molar-refractivity contribution is 5.80. The van der Waals surface area contributed by atoms with E-state index in [4.69, 9.17) is 9.47 Å². The number of amides is 1. The molecule has 0 saturated carbocycles. The fourth-order valence-electron chi connectivity index (χ4n) is 4.55. The Morgan fingerprint density at radius 3 is 1.97 bits per heavy atom. The Balaban J connectivity index is 2.75. The van der Waals surface area contributed by atoms with E-state index >= 15 is 0 Å². The number of rotatable bonds is 21. The lowest BCUT2D eigenvalue weighted by molar-refractivity contribution is -0.303. The van der Waals surface area contributed by atoms with E-state index in [9.17, 15) is 40.5 Å². The second kappa shape index (κ2) is 20.1. The fraction of sp³-hybridized carbons (Fsp3) is 0.963. The Bertz CT molecular complexity index is 610. The molecule has 11 heteroatoms. The first-order chi connectivity index (χ1) is 18.2. The van der Waals surface area contributed by atoms with Crippen LogP contribution in [-0.4, -0.2) is 110 Å². The van der Waals surface area contributed by atoms with Crippen LogP contribution in [0.25, 0.3) is 0 Å². The SMILES string of the molecule is CCCCCCCCC[C@@H](O)[C@@H](O)[C@@H](CO[C@H]1O[C@H](CO)[C@@H](O)[C@H](O)[C@H]1O)NC(=O)C(O)CCCCCC. The molecule has 9 atom stereocenters. The van der Waals surface area contributed by atoms with Crippen molar-refractivity contribution in [1.29, 1.82) is 0 Å². The summed E-state index contributed by atoms with van der Waals surface area (Å²) in [5.41, 5.74) is 0. The minimum atomic E-state index is -1.65. The van der Waals surface area contributed by atoms with Crippen molar-refractivity contribution >= 4 is 5.91 Å². The van der Waals surface area contributed by atoms with Gasteiger partial charge in [-0.05, 0) is 12.8 Å². The number of hydrogen-bond donors (Lipinski definition) is 8. The van der Waals surface area contributed by atoms with Gasteiger partial charge in [-0.25, -0.2) is 0 Å². The summed E-state index contributed by atoms with van der Waals surface area (Å²) >= 11 is 0. The zero-order valence-electron chi connectivity index (χ0n) is 23.2. The molecule has 1 fully saturated rings. The number of nitrogens with one attached hydrogen (secondary N) is 1. The van der Waals surface area contributed by atoms with Crippen LogP contribution in [0.4, 0.5) is 0 Å². The van der Waals surface area contributed by atoms with Gasteiger partial charge in [-0.15, -0.1) is 0 Å². The van der Waals surface area contributed by atoms with Gasteiger partial charge in [0.2, 0.25) is 5.91 Å². The van der Waals surface area contributed by atoms with Crippen LogP contribution in [0.2, 0.25) is 0 Å². The number of carbonyl (C=O) groups excluding carboxylic acids is 1. The van der Waals surface area contributed by atoms with Crippen LogP contribution in [0.5, 0.6) is 0 Å². The molecule has 11 nitrogen and oxygen atoms in total. The quantitative estimate of drug-likeness (QED) is 0.0932. The number of ether oxygens (including phenoxy) is 2. The maximum atomic E-state index is 12.6. The lowest BCUT2D eigenvalue weighted by atomic mass is 9.98. The van der Waals surface area contributed by atoms with E-state index in [1.165, 1.54) is 12.8 Å². The Morgan fingerprint density at radius 2 is 1.37 bits per heavy atom. The monoisotopic (exact) mass is 551 g/mol. The van der Waals surface area contributed by atoms with Crippen LogP contribution in [0.3, 0.4) is 0 Å². The first kappa shape index (κ1) is 35.1. The minimum Gasteiger partial charge on any atom is -0.394 e. The van der Waals surface area contributed by atoms with Crippen LogP contribution in [-0.2, 0) is 14.3 Å². The van der Waals surface area contributed by atoms with Crippen LogP contribution >= 0.6 is 0 Å². The van der Waals surface area contributed by atoms with Crippen molar-refractivity contribution in [2.24, 2.45) is 0 Å². The Kier molecular flexibility index (Phi) is 18.5. The van der Waals surface area contributed by atoms with E-state index < -0.39 is 74.2 Å². The number of aliphatic hydroxyl groups is 7. The van der Waals surface area contributed by atoms with Gasteiger partial charge in [-0.2, -0.15) is 0 Å².